The predicted octanol–water partition coefficient (Wildman–Crippen LogP) is 0.806. The molecule has 1 unspecified atom stereocenters. The number of nitrogens with zero attached hydrogens (tertiary/aromatic N) is 2. The number of benzene rings is 1. The van der Waals surface area contributed by atoms with E-state index in [0.29, 0.717) is 31.2 Å². The van der Waals surface area contributed by atoms with Crippen LogP contribution in [0.2, 0.25) is 0 Å². The Kier molecular flexibility index (Phi) is 4.62. The van der Waals surface area contributed by atoms with E-state index in [0.717, 1.165) is 18.7 Å². The van der Waals surface area contributed by atoms with Crippen LogP contribution in [0.4, 0.5) is 0 Å². The lowest BCUT2D eigenvalue weighted by Gasteiger charge is -2.37. The summed E-state index contributed by atoms with van der Waals surface area (Å²) in [7, 11) is 0. The normalized spacial score (nSPS) is 18.1. The highest BCUT2D eigenvalue weighted by Crippen LogP contribution is 2.21. The number of piperazine rings is 1. The Labute approximate surface area is 120 Å². The zero-order chi connectivity index (χ0) is 14.7. The topological polar surface area (TPSA) is 69.8 Å². The van der Waals surface area contributed by atoms with Crippen molar-refractivity contribution in [2.45, 2.75) is 19.9 Å². The third-order valence-electron chi connectivity index (χ3n) is 3.95. The highest BCUT2D eigenvalue weighted by Gasteiger charge is 2.25. The molecule has 20 heavy (non-hydrogen) atoms. The molecule has 0 spiro atoms. The molecule has 0 bridgehead atoms. The summed E-state index contributed by atoms with van der Waals surface area (Å²) in [5, 5.41) is 9.84. The van der Waals surface area contributed by atoms with Gasteiger partial charge in [-0.15, -0.1) is 0 Å². The number of aryl methyl sites for hydroxylation is 1. The first-order valence-electron chi connectivity index (χ1n) is 7.06. The quantitative estimate of drug-likeness (QED) is 0.857. The molecule has 3 N–H and O–H groups in total. The predicted molar refractivity (Wildman–Crippen MR) is 78.8 cm³/mol. The van der Waals surface area contributed by atoms with Gasteiger partial charge in [0.1, 0.15) is 5.75 Å². The van der Waals surface area contributed by atoms with Crippen molar-refractivity contribution in [3.05, 3.63) is 29.3 Å². The fourth-order valence-electron chi connectivity index (χ4n) is 2.51. The largest absolute Gasteiger partial charge is 0.507 e. The lowest BCUT2D eigenvalue weighted by Crippen LogP contribution is -2.52. The first-order valence-corrected chi connectivity index (χ1v) is 7.06. The van der Waals surface area contributed by atoms with Crippen LogP contribution < -0.4 is 5.73 Å². The Balaban J connectivity index is 2.03. The summed E-state index contributed by atoms with van der Waals surface area (Å²) in [6, 6.07) is 5.47. The molecule has 1 fully saturated rings. The average molecular weight is 277 g/mol. The van der Waals surface area contributed by atoms with Gasteiger partial charge in [-0.25, -0.2) is 0 Å². The van der Waals surface area contributed by atoms with E-state index >= 15 is 0 Å². The molecule has 5 nitrogen and oxygen atoms in total. The Morgan fingerprint density at radius 2 is 2.00 bits per heavy atom. The lowest BCUT2D eigenvalue weighted by molar-refractivity contribution is 0.0586. The van der Waals surface area contributed by atoms with E-state index in [9.17, 15) is 9.90 Å². The molecule has 110 valence electrons. The summed E-state index contributed by atoms with van der Waals surface area (Å²) < 4.78 is 0. The van der Waals surface area contributed by atoms with Gasteiger partial charge in [0.05, 0.1) is 5.56 Å². The number of phenols is 1. The number of rotatable bonds is 3. The third-order valence-corrected chi connectivity index (χ3v) is 3.95. The van der Waals surface area contributed by atoms with Crippen LogP contribution in [0, 0.1) is 6.92 Å². The van der Waals surface area contributed by atoms with Crippen molar-refractivity contribution < 1.29 is 9.90 Å². The monoisotopic (exact) mass is 277 g/mol. The summed E-state index contributed by atoms with van der Waals surface area (Å²) in [6.07, 6.45) is 0. The van der Waals surface area contributed by atoms with Gasteiger partial charge in [0.15, 0.2) is 0 Å². The standard InChI is InChI=1S/C15H23N3O2/c1-11-3-4-14(19)13(9-11)15(20)18-7-5-17(6-8-18)12(2)10-16/h3-4,9,12,19H,5-8,10,16H2,1-2H3. The van der Waals surface area contributed by atoms with Crippen LogP contribution in [-0.2, 0) is 0 Å². The number of nitrogens with two attached hydrogens (primary N) is 1. The van der Waals surface area contributed by atoms with Crippen LogP contribution in [0.3, 0.4) is 0 Å². The summed E-state index contributed by atoms with van der Waals surface area (Å²) in [4.78, 5) is 16.5. The van der Waals surface area contributed by atoms with Crippen molar-refractivity contribution in [1.82, 2.24) is 9.80 Å². The lowest BCUT2D eigenvalue weighted by atomic mass is 10.1. The molecule has 1 heterocycles. The van der Waals surface area contributed by atoms with Gasteiger partial charge in [0.25, 0.3) is 5.91 Å². The van der Waals surface area contributed by atoms with Crippen molar-refractivity contribution in [3.63, 3.8) is 0 Å². The number of phenolic OH excluding ortho intramolecular Hbond substituents is 1. The van der Waals surface area contributed by atoms with Crippen LogP contribution in [0.5, 0.6) is 5.75 Å². The van der Waals surface area contributed by atoms with E-state index in [-0.39, 0.29) is 11.7 Å². The van der Waals surface area contributed by atoms with Gasteiger partial charge in [0, 0.05) is 38.8 Å². The zero-order valence-corrected chi connectivity index (χ0v) is 12.2. The second-order valence-corrected chi connectivity index (χ2v) is 5.43. The maximum Gasteiger partial charge on any atom is 0.257 e. The van der Waals surface area contributed by atoms with Crippen LogP contribution in [0.1, 0.15) is 22.8 Å². The highest BCUT2D eigenvalue weighted by molar-refractivity contribution is 5.97. The van der Waals surface area contributed by atoms with Gasteiger partial charge < -0.3 is 15.7 Å². The molecule has 1 aromatic carbocycles. The highest BCUT2D eigenvalue weighted by atomic mass is 16.3. The fraction of sp³-hybridized carbons (Fsp3) is 0.533. The molecule has 1 aliphatic heterocycles. The molecule has 5 heteroatoms. The zero-order valence-electron chi connectivity index (χ0n) is 12.2. The van der Waals surface area contributed by atoms with Crippen LogP contribution in [0.15, 0.2) is 18.2 Å². The van der Waals surface area contributed by atoms with Gasteiger partial charge >= 0.3 is 0 Å². The minimum atomic E-state index is -0.0914. The maximum absolute atomic E-state index is 12.4. The molecule has 1 saturated heterocycles. The molecule has 0 saturated carbocycles. The second-order valence-electron chi connectivity index (χ2n) is 5.43. The molecule has 0 aliphatic carbocycles. The molecule has 1 aromatic rings. The molecule has 0 radical (unpaired) electrons. The van der Waals surface area contributed by atoms with Gasteiger partial charge in [-0.1, -0.05) is 11.6 Å². The molecule has 2 rings (SSSR count). The van der Waals surface area contributed by atoms with E-state index in [2.05, 4.69) is 11.8 Å². The number of amides is 1. The summed E-state index contributed by atoms with van der Waals surface area (Å²) in [5.41, 5.74) is 7.04. The molecule has 1 atom stereocenters. The van der Waals surface area contributed by atoms with E-state index < -0.39 is 0 Å². The molecule has 1 aliphatic rings. The van der Waals surface area contributed by atoms with Gasteiger partial charge in [0.2, 0.25) is 0 Å². The van der Waals surface area contributed by atoms with E-state index in [1.807, 2.05) is 6.92 Å². The van der Waals surface area contributed by atoms with E-state index in [4.69, 9.17) is 5.73 Å². The third kappa shape index (κ3) is 3.11. The van der Waals surface area contributed by atoms with E-state index in [1.165, 1.54) is 0 Å². The number of hydrogen-bond donors (Lipinski definition) is 2. The SMILES string of the molecule is Cc1ccc(O)c(C(=O)N2CCN(C(C)CN)CC2)c1. The Hall–Kier alpha value is -1.59. The summed E-state index contributed by atoms with van der Waals surface area (Å²) in [6.45, 7) is 7.66. The average Bonchev–Trinajstić information content (AvgIpc) is 2.48. The van der Waals surface area contributed by atoms with Crippen molar-refractivity contribution in [2.24, 2.45) is 5.73 Å². The second kappa shape index (κ2) is 6.24. The van der Waals surface area contributed by atoms with Gasteiger partial charge in [-0.2, -0.15) is 0 Å². The molecule has 0 aromatic heterocycles. The number of carbonyl (C=O) groups is 1. The maximum atomic E-state index is 12.4. The number of carbonyl (C=O) groups excluding carboxylic acids is 1. The molecule has 1 amide bonds. The van der Waals surface area contributed by atoms with Crippen molar-refractivity contribution >= 4 is 5.91 Å². The van der Waals surface area contributed by atoms with Gasteiger partial charge in [-0.3, -0.25) is 9.69 Å². The van der Waals surface area contributed by atoms with Crippen molar-refractivity contribution in [1.29, 1.82) is 0 Å². The number of aromatic hydroxyl groups is 1. The Morgan fingerprint density at radius 1 is 1.35 bits per heavy atom. The molecular formula is C15H23N3O2. The number of hydrogen-bond acceptors (Lipinski definition) is 4. The van der Waals surface area contributed by atoms with Crippen molar-refractivity contribution in [3.8, 4) is 5.75 Å². The van der Waals surface area contributed by atoms with Gasteiger partial charge in [-0.05, 0) is 26.0 Å². The summed E-state index contributed by atoms with van der Waals surface area (Å²) in [5.74, 6) is -0.0374. The fourth-order valence-corrected chi connectivity index (χ4v) is 2.51. The summed E-state index contributed by atoms with van der Waals surface area (Å²) >= 11 is 0. The minimum Gasteiger partial charge on any atom is -0.507 e. The first kappa shape index (κ1) is 14.8. The smallest absolute Gasteiger partial charge is 0.257 e. The van der Waals surface area contributed by atoms with Crippen LogP contribution in [-0.4, -0.2) is 59.6 Å². The Morgan fingerprint density at radius 3 is 2.60 bits per heavy atom. The first-order chi connectivity index (χ1) is 9.52. The van der Waals surface area contributed by atoms with Crippen LogP contribution >= 0.6 is 0 Å². The molecular weight excluding hydrogens is 254 g/mol. The van der Waals surface area contributed by atoms with Crippen LogP contribution in [0.25, 0.3) is 0 Å². The Bertz CT molecular complexity index is 482. The van der Waals surface area contributed by atoms with Crippen molar-refractivity contribution in [2.75, 3.05) is 32.7 Å². The minimum absolute atomic E-state index is 0.0540. The van der Waals surface area contributed by atoms with E-state index in [1.54, 1.807) is 23.1 Å².